The molecular weight excluding hydrogens is 354 g/mol. The number of nitrogens with zero attached hydrogens (tertiary/aromatic N) is 2. The molecular formula is C19H16ClN3O3. The minimum atomic E-state index is -0.299. The average Bonchev–Trinajstić information content (AvgIpc) is 3.23. The van der Waals surface area contributed by atoms with Gasteiger partial charge in [-0.1, -0.05) is 23.7 Å². The third kappa shape index (κ3) is 4.70. The first-order valence-electron chi connectivity index (χ1n) is 7.87. The molecule has 0 saturated carbocycles. The van der Waals surface area contributed by atoms with Crippen molar-refractivity contribution in [1.29, 1.82) is 0 Å². The Balaban J connectivity index is 1.59. The molecule has 26 heavy (non-hydrogen) atoms. The number of aromatic nitrogens is 2. The van der Waals surface area contributed by atoms with Crippen molar-refractivity contribution in [1.82, 2.24) is 9.78 Å². The molecule has 3 aromatic rings. The highest BCUT2D eigenvalue weighted by Crippen LogP contribution is 2.13. The van der Waals surface area contributed by atoms with Crippen LogP contribution in [0.5, 0.6) is 0 Å². The molecule has 1 N–H and O–H groups in total. The number of ketones is 1. The van der Waals surface area contributed by atoms with E-state index in [-0.39, 0.29) is 11.7 Å². The number of anilines is 1. The van der Waals surface area contributed by atoms with E-state index in [1.807, 2.05) is 12.1 Å². The molecule has 2 aromatic heterocycles. The summed E-state index contributed by atoms with van der Waals surface area (Å²) in [5.74, 6) is 0.913. The van der Waals surface area contributed by atoms with Gasteiger partial charge in [-0.2, -0.15) is 5.10 Å². The monoisotopic (exact) mass is 369 g/mol. The Morgan fingerprint density at radius 2 is 2.12 bits per heavy atom. The van der Waals surface area contributed by atoms with Crippen molar-refractivity contribution in [3.63, 3.8) is 0 Å². The van der Waals surface area contributed by atoms with Crippen molar-refractivity contribution in [2.45, 2.75) is 13.5 Å². The molecule has 0 fully saturated rings. The third-order valence-electron chi connectivity index (χ3n) is 3.49. The molecule has 0 bridgehead atoms. The molecule has 0 aliphatic heterocycles. The van der Waals surface area contributed by atoms with Crippen LogP contribution in [0, 0.1) is 0 Å². The zero-order chi connectivity index (χ0) is 18.5. The fourth-order valence-corrected chi connectivity index (χ4v) is 2.48. The van der Waals surface area contributed by atoms with Crippen LogP contribution in [-0.4, -0.2) is 21.5 Å². The Labute approximate surface area is 155 Å². The van der Waals surface area contributed by atoms with Crippen molar-refractivity contribution in [3.05, 3.63) is 76.8 Å². The van der Waals surface area contributed by atoms with Crippen molar-refractivity contribution >= 4 is 35.2 Å². The molecule has 0 spiro atoms. The van der Waals surface area contributed by atoms with Gasteiger partial charge in [-0.3, -0.25) is 14.3 Å². The summed E-state index contributed by atoms with van der Waals surface area (Å²) in [6, 6.07) is 12.2. The molecule has 0 atom stereocenters. The lowest BCUT2D eigenvalue weighted by atomic mass is 10.2. The van der Waals surface area contributed by atoms with Crippen molar-refractivity contribution in [3.8, 4) is 0 Å². The number of hydrogen-bond donors (Lipinski definition) is 1. The van der Waals surface area contributed by atoms with Crippen molar-refractivity contribution < 1.29 is 14.0 Å². The molecule has 1 amide bonds. The molecule has 0 aliphatic carbocycles. The zero-order valence-electron chi connectivity index (χ0n) is 14.0. The predicted octanol–water partition coefficient (Wildman–Crippen LogP) is 4.03. The lowest BCUT2D eigenvalue weighted by Gasteiger charge is -1.99. The van der Waals surface area contributed by atoms with Crippen molar-refractivity contribution in [2.24, 2.45) is 0 Å². The van der Waals surface area contributed by atoms with Crippen LogP contribution in [0.4, 0.5) is 5.82 Å². The molecule has 3 rings (SSSR count). The predicted molar refractivity (Wildman–Crippen MR) is 99.2 cm³/mol. The van der Waals surface area contributed by atoms with Gasteiger partial charge in [0.05, 0.1) is 6.54 Å². The van der Waals surface area contributed by atoms with Gasteiger partial charge in [-0.25, -0.2) is 0 Å². The number of nitrogens with one attached hydrogen (secondary N) is 1. The second-order valence-corrected chi connectivity index (χ2v) is 6.03. The molecule has 6 nitrogen and oxygen atoms in total. The molecule has 132 valence electrons. The largest absolute Gasteiger partial charge is 0.456 e. The van der Waals surface area contributed by atoms with Crippen LogP contribution in [0.2, 0.25) is 5.02 Å². The van der Waals surface area contributed by atoms with E-state index < -0.39 is 0 Å². The minimum absolute atomic E-state index is 0.129. The van der Waals surface area contributed by atoms with Crippen LogP contribution in [-0.2, 0) is 11.3 Å². The van der Waals surface area contributed by atoms with E-state index in [2.05, 4.69) is 10.4 Å². The average molecular weight is 370 g/mol. The van der Waals surface area contributed by atoms with E-state index in [9.17, 15) is 9.59 Å². The van der Waals surface area contributed by atoms with Crippen molar-refractivity contribution in [2.75, 3.05) is 5.32 Å². The lowest BCUT2D eigenvalue weighted by molar-refractivity contribution is -0.111. The number of amides is 1. The molecule has 1 aromatic carbocycles. The number of rotatable bonds is 6. The van der Waals surface area contributed by atoms with Gasteiger partial charge in [0.15, 0.2) is 17.4 Å². The number of carbonyl (C=O) groups is 2. The third-order valence-corrected chi connectivity index (χ3v) is 3.73. The highest BCUT2D eigenvalue weighted by molar-refractivity contribution is 6.30. The molecule has 0 saturated heterocycles. The molecule has 0 unspecified atom stereocenters. The Bertz CT molecular complexity index is 972. The standard InChI is InChI=1S/C19H16ClN3O3/c1-13(24)17-7-6-16(26-17)12-23-10-9-18(22-23)21-19(25)8-5-14-3-2-4-15(20)11-14/h2-11H,12H2,1H3,(H,21,22,25). The Morgan fingerprint density at radius 1 is 1.27 bits per heavy atom. The maximum atomic E-state index is 12.0. The van der Waals surface area contributed by atoms with E-state index >= 15 is 0 Å². The molecule has 0 aliphatic rings. The number of Topliss-reactive ketones (excluding diaryl/α,β-unsaturated/α-hetero) is 1. The van der Waals surface area contributed by atoms with Gasteiger partial charge in [0.2, 0.25) is 5.91 Å². The number of hydrogen-bond acceptors (Lipinski definition) is 4. The van der Waals surface area contributed by atoms with Crippen LogP contribution in [0.25, 0.3) is 6.08 Å². The normalized spacial score (nSPS) is 11.0. The Hall–Kier alpha value is -3.12. The van der Waals surface area contributed by atoms with Crippen LogP contribution >= 0.6 is 11.6 Å². The summed E-state index contributed by atoms with van der Waals surface area (Å²) >= 11 is 5.90. The number of halogens is 1. The van der Waals surface area contributed by atoms with Gasteiger partial charge in [0.1, 0.15) is 5.76 Å². The topological polar surface area (TPSA) is 77.1 Å². The maximum Gasteiger partial charge on any atom is 0.249 e. The maximum absolute atomic E-state index is 12.0. The van der Waals surface area contributed by atoms with Crippen LogP contribution in [0.1, 0.15) is 28.8 Å². The van der Waals surface area contributed by atoms with E-state index in [1.165, 1.54) is 13.0 Å². The van der Waals surface area contributed by atoms with E-state index in [4.69, 9.17) is 16.0 Å². The van der Waals surface area contributed by atoms with Crippen LogP contribution in [0.15, 0.2) is 59.2 Å². The second-order valence-electron chi connectivity index (χ2n) is 5.60. The minimum Gasteiger partial charge on any atom is -0.456 e. The summed E-state index contributed by atoms with van der Waals surface area (Å²) in [6.07, 6.45) is 4.80. The summed E-state index contributed by atoms with van der Waals surface area (Å²) in [4.78, 5) is 23.2. The van der Waals surface area contributed by atoms with E-state index in [0.717, 1.165) is 5.56 Å². The molecule has 2 heterocycles. The Morgan fingerprint density at radius 3 is 2.85 bits per heavy atom. The van der Waals surface area contributed by atoms with Gasteiger partial charge in [0, 0.05) is 30.3 Å². The van der Waals surface area contributed by atoms with E-state index in [1.54, 1.807) is 47.3 Å². The van der Waals surface area contributed by atoms with Gasteiger partial charge < -0.3 is 9.73 Å². The Kier molecular flexibility index (Phi) is 5.34. The number of carbonyl (C=O) groups excluding carboxylic acids is 2. The fourth-order valence-electron chi connectivity index (χ4n) is 2.28. The first-order chi connectivity index (χ1) is 12.5. The summed E-state index contributed by atoms with van der Waals surface area (Å²) < 4.78 is 7.03. The molecule has 7 heteroatoms. The summed E-state index contributed by atoms with van der Waals surface area (Å²) in [7, 11) is 0. The SMILES string of the molecule is CC(=O)c1ccc(Cn2ccc(NC(=O)C=Cc3cccc(Cl)c3)n2)o1. The fraction of sp³-hybridized carbons (Fsp3) is 0.105. The summed E-state index contributed by atoms with van der Waals surface area (Å²) in [5, 5.41) is 7.54. The van der Waals surface area contributed by atoms with E-state index in [0.29, 0.717) is 28.9 Å². The van der Waals surface area contributed by atoms with Gasteiger partial charge in [0.25, 0.3) is 0 Å². The summed E-state index contributed by atoms with van der Waals surface area (Å²) in [5.41, 5.74) is 0.831. The first-order valence-corrected chi connectivity index (χ1v) is 8.25. The zero-order valence-corrected chi connectivity index (χ0v) is 14.7. The number of benzene rings is 1. The quantitative estimate of drug-likeness (QED) is 0.525. The lowest BCUT2D eigenvalue weighted by Crippen LogP contribution is -2.09. The smallest absolute Gasteiger partial charge is 0.249 e. The number of furan rings is 1. The summed E-state index contributed by atoms with van der Waals surface area (Å²) in [6.45, 7) is 1.81. The van der Waals surface area contributed by atoms with Gasteiger partial charge >= 0.3 is 0 Å². The van der Waals surface area contributed by atoms with Crippen LogP contribution in [0.3, 0.4) is 0 Å². The molecule has 0 radical (unpaired) electrons. The van der Waals surface area contributed by atoms with Gasteiger partial charge in [-0.15, -0.1) is 0 Å². The van der Waals surface area contributed by atoms with Gasteiger partial charge in [-0.05, 0) is 35.9 Å². The van der Waals surface area contributed by atoms with Crippen LogP contribution < -0.4 is 5.32 Å². The highest BCUT2D eigenvalue weighted by atomic mass is 35.5. The highest BCUT2D eigenvalue weighted by Gasteiger charge is 2.08. The first kappa shape index (κ1) is 17.7. The second kappa shape index (κ2) is 7.84.